The lowest BCUT2D eigenvalue weighted by Gasteiger charge is -2.11. The maximum Gasteiger partial charge on any atom is 0.325 e. The summed E-state index contributed by atoms with van der Waals surface area (Å²) < 4.78 is 4.83. The molecule has 6 nitrogen and oxygen atoms in total. The van der Waals surface area contributed by atoms with Gasteiger partial charge in [-0.3, -0.25) is 14.9 Å². The molecule has 86 valence electrons. The molecule has 0 radical (unpaired) electrons. The quantitative estimate of drug-likeness (QED) is 0.663. The van der Waals surface area contributed by atoms with Gasteiger partial charge in [0, 0.05) is 0 Å². The fourth-order valence-corrected chi connectivity index (χ4v) is 1.14. The Labute approximate surface area is 96.6 Å². The predicted octanol–water partition coefficient (Wildman–Crippen LogP) is 0.357. The number of carboxylic acids is 1. The van der Waals surface area contributed by atoms with E-state index in [1.165, 1.54) is 19.3 Å². The molecule has 1 aromatic rings. The SMILES string of the molecule is C[C@H](NC(=S)NC(=O)c1ccco1)C(=O)O. The Bertz CT molecular complexity index is 402. The zero-order valence-electron chi connectivity index (χ0n) is 8.39. The summed E-state index contributed by atoms with van der Waals surface area (Å²) in [4.78, 5) is 21.9. The summed E-state index contributed by atoms with van der Waals surface area (Å²) in [5, 5.41) is 13.3. The monoisotopic (exact) mass is 242 g/mol. The predicted molar refractivity (Wildman–Crippen MR) is 59.0 cm³/mol. The van der Waals surface area contributed by atoms with Crippen molar-refractivity contribution in [3.05, 3.63) is 24.2 Å². The lowest BCUT2D eigenvalue weighted by molar-refractivity contribution is -0.138. The van der Waals surface area contributed by atoms with Gasteiger partial charge in [-0.1, -0.05) is 0 Å². The summed E-state index contributed by atoms with van der Waals surface area (Å²) in [5.74, 6) is -1.48. The zero-order chi connectivity index (χ0) is 12.1. The summed E-state index contributed by atoms with van der Waals surface area (Å²) >= 11 is 4.75. The van der Waals surface area contributed by atoms with Crippen molar-refractivity contribution in [3.8, 4) is 0 Å². The van der Waals surface area contributed by atoms with Crippen molar-refractivity contribution in [2.75, 3.05) is 0 Å². The number of aliphatic carboxylic acids is 1. The Morgan fingerprint density at radius 2 is 2.25 bits per heavy atom. The number of carbonyl (C=O) groups is 2. The van der Waals surface area contributed by atoms with E-state index in [-0.39, 0.29) is 10.9 Å². The molecule has 0 saturated heterocycles. The van der Waals surface area contributed by atoms with Crippen LogP contribution >= 0.6 is 12.2 Å². The molecule has 0 aliphatic carbocycles. The van der Waals surface area contributed by atoms with Crippen molar-refractivity contribution in [2.45, 2.75) is 13.0 Å². The standard InChI is InChI=1S/C9H10N2O4S/c1-5(8(13)14)10-9(16)11-7(12)6-3-2-4-15-6/h2-5H,1H3,(H,13,14)(H2,10,11,12,16)/t5-/m0/s1. The Hall–Kier alpha value is -1.89. The van der Waals surface area contributed by atoms with Gasteiger partial charge in [0.1, 0.15) is 6.04 Å². The molecule has 0 saturated carbocycles. The van der Waals surface area contributed by atoms with Crippen molar-refractivity contribution >= 4 is 29.2 Å². The molecule has 1 rings (SSSR count). The molecule has 1 aromatic heterocycles. The number of carbonyl (C=O) groups excluding carboxylic acids is 1. The first kappa shape index (κ1) is 12.2. The lowest BCUT2D eigenvalue weighted by Crippen LogP contribution is -2.46. The van der Waals surface area contributed by atoms with Crippen LogP contribution in [0.25, 0.3) is 0 Å². The van der Waals surface area contributed by atoms with Crippen molar-refractivity contribution in [1.82, 2.24) is 10.6 Å². The molecule has 16 heavy (non-hydrogen) atoms. The second-order valence-corrected chi connectivity index (χ2v) is 3.37. The van der Waals surface area contributed by atoms with Crippen LogP contribution in [0.1, 0.15) is 17.5 Å². The van der Waals surface area contributed by atoms with Gasteiger partial charge in [-0.2, -0.15) is 0 Å². The molecule has 7 heteroatoms. The van der Waals surface area contributed by atoms with Crippen LogP contribution in [0.2, 0.25) is 0 Å². The summed E-state index contributed by atoms with van der Waals surface area (Å²) in [5.41, 5.74) is 0. The Balaban J connectivity index is 2.46. The summed E-state index contributed by atoms with van der Waals surface area (Å²) in [6.45, 7) is 1.41. The van der Waals surface area contributed by atoms with E-state index in [1.807, 2.05) is 0 Å². The minimum Gasteiger partial charge on any atom is -0.480 e. The first-order valence-electron chi connectivity index (χ1n) is 4.39. The van der Waals surface area contributed by atoms with Gasteiger partial charge in [0.25, 0.3) is 5.91 Å². The van der Waals surface area contributed by atoms with E-state index >= 15 is 0 Å². The third-order valence-corrected chi connectivity index (χ3v) is 1.91. The topological polar surface area (TPSA) is 91.6 Å². The molecular weight excluding hydrogens is 232 g/mol. The van der Waals surface area contributed by atoms with Crippen molar-refractivity contribution in [2.24, 2.45) is 0 Å². The van der Waals surface area contributed by atoms with Gasteiger partial charge >= 0.3 is 5.97 Å². The number of rotatable bonds is 3. The molecule has 1 heterocycles. The third kappa shape index (κ3) is 3.35. The van der Waals surface area contributed by atoms with Crippen LogP contribution in [0.3, 0.4) is 0 Å². The van der Waals surface area contributed by atoms with E-state index in [0.717, 1.165) is 0 Å². The first-order valence-corrected chi connectivity index (χ1v) is 4.79. The molecule has 0 spiro atoms. The molecule has 0 bridgehead atoms. The molecule has 1 atom stereocenters. The first-order chi connectivity index (χ1) is 7.50. The van der Waals surface area contributed by atoms with Crippen LogP contribution in [0.4, 0.5) is 0 Å². The molecule has 0 aromatic carbocycles. The van der Waals surface area contributed by atoms with Crippen LogP contribution in [0, 0.1) is 0 Å². The number of hydrogen-bond donors (Lipinski definition) is 3. The van der Waals surface area contributed by atoms with Gasteiger partial charge in [0.05, 0.1) is 6.26 Å². The maximum absolute atomic E-state index is 11.4. The minimum absolute atomic E-state index is 0.0590. The van der Waals surface area contributed by atoms with Crippen LogP contribution in [-0.2, 0) is 4.79 Å². The number of carboxylic acid groups (broad SMARTS) is 1. The highest BCUT2D eigenvalue weighted by Crippen LogP contribution is 1.98. The molecule has 0 aliphatic rings. The Morgan fingerprint density at radius 3 is 2.75 bits per heavy atom. The average molecular weight is 242 g/mol. The van der Waals surface area contributed by atoms with Gasteiger partial charge < -0.3 is 14.8 Å². The van der Waals surface area contributed by atoms with Crippen molar-refractivity contribution < 1.29 is 19.1 Å². The Kier molecular flexibility index (Phi) is 4.01. The highest BCUT2D eigenvalue weighted by molar-refractivity contribution is 7.80. The van der Waals surface area contributed by atoms with Crippen LogP contribution in [-0.4, -0.2) is 28.1 Å². The van der Waals surface area contributed by atoms with Crippen LogP contribution in [0.15, 0.2) is 22.8 Å². The smallest absolute Gasteiger partial charge is 0.325 e. The second kappa shape index (κ2) is 5.26. The fourth-order valence-electron chi connectivity index (χ4n) is 0.867. The summed E-state index contributed by atoms with van der Waals surface area (Å²) in [6.07, 6.45) is 1.35. The van der Waals surface area contributed by atoms with E-state index in [1.54, 1.807) is 6.07 Å². The van der Waals surface area contributed by atoms with E-state index < -0.39 is 17.9 Å². The number of amides is 1. The molecule has 0 aliphatic heterocycles. The number of nitrogens with one attached hydrogen (secondary N) is 2. The van der Waals surface area contributed by atoms with Gasteiger partial charge in [0.15, 0.2) is 10.9 Å². The van der Waals surface area contributed by atoms with Crippen molar-refractivity contribution in [1.29, 1.82) is 0 Å². The normalized spacial score (nSPS) is 11.6. The van der Waals surface area contributed by atoms with Gasteiger partial charge in [-0.05, 0) is 31.3 Å². The van der Waals surface area contributed by atoms with Gasteiger partial charge in [-0.15, -0.1) is 0 Å². The number of hydrogen-bond acceptors (Lipinski definition) is 4. The lowest BCUT2D eigenvalue weighted by atomic mass is 10.3. The van der Waals surface area contributed by atoms with Crippen LogP contribution in [0.5, 0.6) is 0 Å². The fraction of sp³-hybridized carbons (Fsp3) is 0.222. The largest absolute Gasteiger partial charge is 0.480 e. The van der Waals surface area contributed by atoms with Gasteiger partial charge in [-0.25, -0.2) is 0 Å². The minimum atomic E-state index is -1.06. The number of thiocarbonyl (C=S) groups is 1. The van der Waals surface area contributed by atoms with E-state index in [4.69, 9.17) is 21.7 Å². The van der Waals surface area contributed by atoms with E-state index in [0.29, 0.717) is 0 Å². The third-order valence-electron chi connectivity index (χ3n) is 1.69. The molecule has 0 unspecified atom stereocenters. The average Bonchev–Trinajstić information content (AvgIpc) is 2.69. The highest BCUT2D eigenvalue weighted by atomic mass is 32.1. The highest BCUT2D eigenvalue weighted by Gasteiger charge is 2.14. The number of furan rings is 1. The molecule has 3 N–H and O–H groups in total. The molecular formula is C9H10N2O4S. The summed E-state index contributed by atoms with van der Waals surface area (Å²) in [6, 6.07) is 2.16. The second-order valence-electron chi connectivity index (χ2n) is 2.96. The van der Waals surface area contributed by atoms with E-state index in [2.05, 4.69) is 10.6 Å². The summed E-state index contributed by atoms with van der Waals surface area (Å²) in [7, 11) is 0. The van der Waals surface area contributed by atoms with E-state index in [9.17, 15) is 9.59 Å². The maximum atomic E-state index is 11.4. The molecule has 1 amide bonds. The Morgan fingerprint density at radius 1 is 1.56 bits per heavy atom. The van der Waals surface area contributed by atoms with Crippen molar-refractivity contribution in [3.63, 3.8) is 0 Å². The molecule has 0 fully saturated rings. The van der Waals surface area contributed by atoms with Gasteiger partial charge in [0.2, 0.25) is 0 Å². The van der Waals surface area contributed by atoms with Crippen LogP contribution < -0.4 is 10.6 Å². The zero-order valence-corrected chi connectivity index (χ0v) is 9.21.